The van der Waals surface area contributed by atoms with E-state index in [1.54, 1.807) is 7.11 Å². The van der Waals surface area contributed by atoms with Crippen LogP contribution < -0.4 is 4.74 Å². The van der Waals surface area contributed by atoms with Crippen LogP contribution >= 0.6 is 0 Å². The average molecular weight is 240 g/mol. The molecule has 2 aromatic carbocycles. The van der Waals surface area contributed by atoms with Gasteiger partial charge in [0.25, 0.3) is 0 Å². The summed E-state index contributed by atoms with van der Waals surface area (Å²) in [5, 5.41) is 0. The fourth-order valence-electron chi connectivity index (χ4n) is 2.02. The predicted molar refractivity (Wildman–Crippen MR) is 72.2 cm³/mol. The fraction of sp³-hybridized carbons (Fsp3) is 0.188. The summed E-state index contributed by atoms with van der Waals surface area (Å²) in [7, 11) is 1.60. The van der Waals surface area contributed by atoms with Crippen LogP contribution in [0.2, 0.25) is 0 Å². The summed E-state index contributed by atoms with van der Waals surface area (Å²) in [4.78, 5) is 12.3. The predicted octanol–water partition coefficient (Wildman–Crippen LogP) is 3.43. The first-order valence-electron chi connectivity index (χ1n) is 5.93. The molecule has 2 nitrogen and oxygen atoms in total. The second-order valence-electron chi connectivity index (χ2n) is 4.24. The van der Waals surface area contributed by atoms with Gasteiger partial charge in [-0.2, -0.15) is 0 Å². The Morgan fingerprint density at radius 2 is 1.78 bits per heavy atom. The average Bonchev–Trinajstić information content (AvgIpc) is 2.39. The van der Waals surface area contributed by atoms with E-state index in [2.05, 4.69) is 0 Å². The Morgan fingerprint density at radius 3 is 2.44 bits per heavy atom. The fourth-order valence-corrected chi connectivity index (χ4v) is 2.02. The van der Waals surface area contributed by atoms with Crippen LogP contribution in [0.25, 0.3) is 0 Å². The van der Waals surface area contributed by atoms with Gasteiger partial charge in [-0.25, -0.2) is 0 Å². The molecule has 0 aliphatic carbocycles. The molecule has 0 aromatic heterocycles. The Morgan fingerprint density at radius 1 is 1.06 bits per heavy atom. The van der Waals surface area contributed by atoms with Crippen LogP contribution in [-0.4, -0.2) is 12.9 Å². The minimum Gasteiger partial charge on any atom is -0.496 e. The molecule has 2 heteroatoms. The Bertz CT molecular complexity index is 544. The standard InChI is InChI=1S/C16H16O2/c1-12-7-6-10-14(16(12)18-2)15(17)11-13-8-4-3-5-9-13/h3-10H,11H2,1-2H3. The van der Waals surface area contributed by atoms with E-state index in [0.717, 1.165) is 11.1 Å². The van der Waals surface area contributed by atoms with Crippen molar-refractivity contribution < 1.29 is 9.53 Å². The second-order valence-corrected chi connectivity index (χ2v) is 4.24. The summed E-state index contributed by atoms with van der Waals surface area (Å²) in [5.74, 6) is 0.764. The van der Waals surface area contributed by atoms with Crippen LogP contribution in [0.1, 0.15) is 21.5 Å². The van der Waals surface area contributed by atoms with Gasteiger partial charge in [-0.3, -0.25) is 4.79 Å². The number of ketones is 1. The number of hydrogen-bond acceptors (Lipinski definition) is 2. The Hall–Kier alpha value is -2.09. The van der Waals surface area contributed by atoms with Crippen molar-refractivity contribution in [1.82, 2.24) is 0 Å². The maximum Gasteiger partial charge on any atom is 0.170 e. The molecule has 0 unspecified atom stereocenters. The van der Waals surface area contributed by atoms with Crippen molar-refractivity contribution in [1.29, 1.82) is 0 Å². The molecule has 0 bridgehead atoms. The van der Waals surface area contributed by atoms with Gasteiger partial charge in [0.15, 0.2) is 5.78 Å². The first kappa shape index (κ1) is 12.4. The molecule has 2 rings (SSSR count). The maximum absolute atomic E-state index is 12.3. The molecular weight excluding hydrogens is 224 g/mol. The molecule has 0 aliphatic heterocycles. The van der Waals surface area contributed by atoms with Crippen molar-refractivity contribution in [2.45, 2.75) is 13.3 Å². The normalized spacial score (nSPS) is 10.1. The molecule has 18 heavy (non-hydrogen) atoms. The highest BCUT2D eigenvalue weighted by Crippen LogP contribution is 2.24. The number of hydrogen-bond donors (Lipinski definition) is 0. The third-order valence-corrected chi connectivity index (χ3v) is 2.92. The number of carbonyl (C=O) groups is 1. The van der Waals surface area contributed by atoms with Gasteiger partial charge in [0.05, 0.1) is 12.7 Å². The Labute approximate surface area is 107 Å². The van der Waals surface area contributed by atoms with Gasteiger partial charge < -0.3 is 4.74 Å². The zero-order chi connectivity index (χ0) is 13.0. The van der Waals surface area contributed by atoms with E-state index in [1.165, 1.54) is 0 Å². The van der Waals surface area contributed by atoms with Crippen molar-refractivity contribution >= 4 is 5.78 Å². The number of methoxy groups -OCH3 is 1. The second kappa shape index (κ2) is 5.50. The van der Waals surface area contributed by atoms with Gasteiger partial charge in [0.1, 0.15) is 5.75 Å². The van der Waals surface area contributed by atoms with E-state index in [0.29, 0.717) is 17.7 Å². The Kier molecular flexibility index (Phi) is 3.78. The largest absolute Gasteiger partial charge is 0.496 e. The topological polar surface area (TPSA) is 26.3 Å². The SMILES string of the molecule is COc1c(C)cccc1C(=O)Cc1ccccc1. The third-order valence-electron chi connectivity index (χ3n) is 2.92. The number of Topliss-reactive ketones (excluding diaryl/α,β-unsaturated/α-hetero) is 1. The van der Waals surface area contributed by atoms with Crippen LogP contribution in [0.15, 0.2) is 48.5 Å². The molecule has 0 N–H and O–H groups in total. The minimum atomic E-state index is 0.0850. The Balaban J connectivity index is 2.27. The maximum atomic E-state index is 12.3. The molecule has 0 saturated carbocycles. The highest BCUT2D eigenvalue weighted by atomic mass is 16.5. The summed E-state index contributed by atoms with van der Waals surface area (Å²) in [6, 6.07) is 15.4. The lowest BCUT2D eigenvalue weighted by atomic mass is 10.0. The molecule has 2 aromatic rings. The lowest BCUT2D eigenvalue weighted by Crippen LogP contribution is -2.06. The molecule has 0 atom stereocenters. The van der Waals surface area contributed by atoms with E-state index >= 15 is 0 Å². The highest BCUT2D eigenvalue weighted by Gasteiger charge is 2.13. The molecule has 0 saturated heterocycles. The molecule has 0 amide bonds. The quantitative estimate of drug-likeness (QED) is 0.765. The zero-order valence-corrected chi connectivity index (χ0v) is 10.6. The lowest BCUT2D eigenvalue weighted by molar-refractivity contribution is 0.0990. The van der Waals surface area contributed by atoms with Crippen LogP contribution in [0, 0.1) is 6.92 Å². The summed E-state index contributed by atoms with van der Waals surface area (Å²) in [6.45, 7) is 1.94. The first-order valence-corrected chi connectivity index (χ1v) is 5.93. The third kappa shape index (κ3) is 2.59. The minimum absolute atomic E-state index is 0.0850. The summed E-state index contributed by atoms with van der Waals surface area (Å²) < 4.78 is 5.31. The molecule has 92 valence electrons. The van der Waals surface area contributed by atoms with Gasteiger partial charge in [0.2, 0.25) is 0 Å². The molecular formula is C16H16O2. The summed E-state index contributed by atoms with van der Waals surface area (Å²) in [6.07, 6.45) is 0.403. The van der Waals surface area contributed by atoms with Gasteiger partial charge in [-0.05, 0) is 24.1 Å². The number of ether oxygens (including phenoxy) is 1. The van der Waals surface area contributed by atoms with Crippen molar-refractivity contribution in [3.8, 4) is 5.75 Å². The van der Waals surface area contributed by atoms with Crippen molar-refractivity contribution in [2.24, 2.45) is 0 Å². The smallest absolute Gasteiger partial charge is 0.170 e. The van der Waals surface area contributed by atoms with E-state index in [4.69, 9.17) is 4.74 Å². The van der Waals surface area contributed by atoms with E-state index in [-0.39, 0.29) is 5.78 Å². The summed E-state index contributed by atoms with van der Waals surface area (Å²) in [5.41, 5.74) is 2.66. The number of rotatable bonds is 4. The number of para-hydroxylation sites is 1. The van der Waals surface area contributed by atoms with E-state index in [9.17, 15) is 4.79 Å². The number of carbonyl (C=O) groups excluding carboxylic acids is 1. The molecule has 0 heterocycles. The highest BCUT2D eigenvalue weighted by molar-refractivity contribution is 6.00. The van der Waals surface area contributed by atoms with Gasteiger partial charge >= 0.3 is 0 Å². The van der Waals surface area contributed by atoms with Gasteiger partial charge in [0, 0.05) is 6.42 Å². The van der Waals surface area contributed by atoms with Crippen molar-refractivity contribution in [2.75, 3.05) is 7.11 Å². The first-order chi connectivity index (χ1) is 8.72. The molecule has 0 spiro atoms. The van der Waals surface area contributed by atoms with Crippen LogP contribution in [0.3, 0.4) is 0 Å². The van der Waals surface area contributed by atoms with Crippen LogP contribution in [0.4, 0.5) is 0 Å². The van der Waals surface area contributed by atoms with Crippen molar-refractivity contribution in [3.63, 3.8) is 0 Å². The number of aryl methyl sites for hydroxylation is 1. The van der Waals surface area contributed by atoms with Gasteiger partial charge in [-0.1, -0.05) is 42.5 Å². The van der Waals surface area contributed by atoms with Gasteiger partial charge in [-0.15, -0.1) is 0 Å². The van der Waals surface area contributed by atoms with Crippen LogP contribution in [0.5, 0.6) is 5.75 Å². The van der Waals surface area contributed by atoms with E-state index in [1.807, 2.05) is 55.5 Å². The van der Waals surface area contributed by atoms with E-state index < -0.39 is 0 Å². The van der Waals surface area contributed by atoms with Crippen molar-refractivity contribution in [3.05, 3.63) is 65.2 Å². The molecule has 0 radical (unpaired) electrons. The summed E-state index contributed by atoms with van der Waals surface area (Å²) >= 11 is 0. The molecule has 0 aliphatic rings. The monoisotopic (exact) mass is 240 g/mol. The lowest BCUT2D eigenvalue weighted by Gasteiger charge is -2.10. The van der Waals surface area contributed by atoms with Crippen LogP contribution in [-0.2, 0) is 6.42 Å². The number of benzene rings is 2. The zero-order valence-electron chi connectivity index (χ0n) is 10.6. The molecule has 0 fully saturated rings.